The number of nitro groups is 1. The van der Waals surface area contributed by atoms with Crippen LogP contribution in [-0.2, 0) is 6.18 Å². The van der Waals surface area contributed by atoms with Gasteiger partial charge >= 0.3 is 6.18 Å². The second kappa shape index (κ2) is 7.87. The Morgan fingerprint density at radius 1 is 1.13 bits per heavy atom. The third kappa shape index (κ3) is 4.10. The Hall–Kier alpha value is -3.86. The van der Waals surface area contributed by atoms with Gasteiger partial charge in [-0.1, -0.05) is 18.2 Å². The lowest BCUT2D eigenvalue weighted by Gasteiger charge is -2.09. The summed E-state index contributed by atoms with van der Waals surface area (Å²) in [5.41, 5.74) is 2.58. The van der Waals surface area contributed by atoms with Crippen LogP contribution < -0.4 is 0 Å². The minimum atomic E-state index is -4.45. The molecule has 0 unspecified atom stereocenters. The lowest BCUT2D eigenvalue weighted by Crippen LogP contribution is -2.04. The molecule has 0 spiro atoms. The number of non-ortho nitro benzene ring substituents is 1. The van der Waals surface area contributed by atoms with E-state index >= 15 is 0 Å². The zero-order valence-electron chi connectivity index (χ0n) is 16.1. The number of nitro benzene ring substituents is 1. The molecular formula is C22H16F3N3O2. The first-order chi connectivity index (χ1) is 14.1. The molecule has 0 aliphatic carbocycles. The monoisotopic (exact) mass is 411 g/mol. The highest BCUT2D eigenvalue weighted by Crippen LogP contribution is 2.31. The maximum Gasteiger partial charge on any atom is 0.416 e. The molecule has 1 heterocycles. The van der Waals surface area contributed by atoms with Gasteiger partial charge in [-0.15, -0.1) is 0 Å². The number of benzene rings is 2. The van der Waals surface area contributed by atoms with Crippen LogP contribution in [0.3, 0.4) is 0 Å². The summed E-state index contributed by atoms with van der Waals surface area (Å²) < 4.78 is 40.1. The molecule has 152 valence electrons. The molecule has 0 aliphatic rings. The molecule has 5 nitrogen and oxygen atoms in total. The lowest BCUT2D eigenvalue weighted by molar-refractivity contribution is -0.384. The second-order valence-electron chi connectivity index (χ2n) is 6.68. The second-order valence-corrected chi connectivity index (χ2v) is 6.68. The molecule has 0 aliphatic heterocycles. The van der Waals surface area contributed by atoms with Crippen LogP contribution in [-0.4, -0.2) is 9.49 Å². The van der Waals surface area contributed by atoms with Gasteiger partial charge in [0.2, 0.25) is 0 Å². The van der Waals surface area contributed by atoms with E-state index in [0.717, 1.165) is 23.5 Å². The van der Waals surface area contributed by atoms with Crippen LogP contribution in [0.5, 0.6) is 0 Å². The minimum absolute atomic E-state index is 0.0421. The lowest BCUT2D eigenvalue weighted by atomic mass is 10.0. The molecule has 0 atom stereocenters. The molecule has 3 rings (SSSR count). The maximum absolute atomic E-state index is 12.8. The van der Waals surface area contributed by atoms with Crippen molar-refractivity contribution in [3.63, 3.8) is 0 Å². The third-order valence-electron chi connectivity index (χ3n) is 4.71. The van der Waals surface area contributed by atoms with Gasteiger partial charge in [-0.05, 0) is 55.3 Å². The van der Waals surface area contributed by atoms with E-state index < -0.39 is 16.7 Å². The van der Waals surface area contributed by atoms with Crippen molar-refractivity contribution in [3.05, 3.63) is 92.8 Å². The van der Waals surface area contributed by atoms with Gasteiger partial charge in [0.05, 0.1) is 27.8 Å². The highest BCUT2D eigenvalue weighted by Gasteiger charge is 2.30. The van der Waals surface area contributed by atoms with Crippen LogP contribution in [0.4, 0.5) is 18.9 Å². The quantitative estimate of drug-likeness (QED) is 0.296. The van der Waals surface area contributed by atoms with Crippen LogP contribution in [0, 0.1) is 35.3 Å². The summed E-state index contributed by atoms with van der Waals surface area (Å²) in [6.07, 6.45) is -2.85. The number of halogens is 3. The Bertz CT molecular complexity index is 1180. The van der Waals surface area contributed by atoms with E-state index in [4.69, 9.17) is 0 Å². The molecule has 1 aromatic heterocycles. The molecule has 0 saturated heterocycles. The molecule has 0 N–H and O–H groups in total. The molecule has 0 amide bonds. The zero-order valence-corrected chi connectivity index (χ0v) is 16.1. The molecule has 2 aromatic carbocycles. The smallest absolute Gasteiger partial charge is 0.318 e. The van der Waals surface area contributed by atoms with Crippen molar-refractivity contribution in [2.75, 3.05) is 0 Å². The van der Waals surface area contributed by atoms with Crippen molar-refractivity contribution in [2.24, 2.45) is 0 Å². The Morgan fingerprint density at radius 3 is 2.37 bits per heavy atom. The van der Waals surface area contributed by atoms with Gasteiger partial charge in [0.15, 0.2) is 0 Å². The van der Waals surface area contributed by atoms with Gasteiger partial charge in [-0.25, -0.2) is 0 Å². The molecule has 0 fully saturated rings. The van der Waals surface area contributed by atoms with Crippen LogP contribution >= 0.6 is 0 Å². The molecule has 0 radical (unpaired) electrons. The summed E-state index contributed by atoms with van der Waals surface area (Å²) in [5, 5.41) is 20.6. The molecule has 30 heavy (non-hydrogen) atoms. The number of aromatic nitrogens is 1. The first-order valence-electron chi connectivity index (χ1n) is 8.85. The van der Waals surface area contributed by atoms with Gasteiger partial charge in [0.25, 0.3) is 5.69 Å². The average molecular weight is 411 g/mol. The molecule has 8 heteroatoms. The van der Waals surface area contributed by atoms with E-state index in [2.05, 4.69) is 0 Å². The number of hydrogen-bond donors (Lipinski definition) is 0. The van der Waals surface area contributed by atoms with Crippen LogP contribution in [0.15, 0.2) is 54.6 Å². The summed E-state index contributed by atoms with van der Waals surface area (Å²) in [6.45, 7) is 3.63. The van der Waals surface area contributed by atoms with Crippen LogP contribution in [0.1, 0.15) is 28.1 Å². The summed E-state index contributed by atoms with van der Waals surface area (Å²) in [4.78, 5) is 10.6. The van der Waals surface area contributed by atoms with Crippen molar-refractivity contribution in [1.82, 2.24) is 4.57 Å². The van der Waals surface area contributed by atoms with Crippen molar-refractivity contribution < 1.29 is 18.1 Å². The Kier molecular flexibility index (Phi) is 5.47. The average Bonchev–Trinajstić information content (AvgIpc) is 2.98. The summed E-state index contributed by atoms with van der Waals surface area (Å²) in [5.74, 6) is 0. The fourth-order valence-electron chi connectivity index (χ4n) is 3.25. The minimum Gasteiger partial charge on any atom is -0.318 e. The zero-order chi connectivity index (χ0) is 22.1. The number of allylic oxidation sites excluding steroid dienone is 1. The number of alkyl halides is 3. The fraction of sp³-hybridized carbons (Fsp3) is 0.136. The largest absolute Gasteiger partial charge is 0.416 e. The SMILES string of the molecule is Cc1cc(/C=C(/C#N)c2ccc(C(F)(F)F)cc2)c(C)n1-c1cccc([N+](=O)[O-])c1. The Morgan fingerprint density at radius 2 is 1.80 bits per heavy atom. The number of aryl methyl sites for hydroxylation is 1. The van der Waals surface area contributed by atoms with E-state index in [1.165, 1.54) is 24.3 Å². The number of rotatable bonds is 4. The standard InChI is InChI=1S/C22H16F3N3O2/c1-14-10-17(15(2)27(14)20-4-3-5-21(12-20)28(29)30)11-18(13-26)16-6-8-19(9-7-16)22(23,24)25/h3-12H,1-2H3/b18-11-. The van der Waals surface area contributed by atoms with Crippen molar-refractivity contribution in [3.8, 4) is 11.8 Å². The van der Waals surface area contributed by atoms with Gasteiger partial charge < -0.3 is 4.57 Å². The topological polar surface area (TPSA) is 71.9 Å². The summed E-state index contributed by atoms with van der Waals surface area (Å²) >= 11 is 0. The van der Waals surface area contributed by atoms with Gasteiger partial charge in [-0.3, -0.25) is 10.1 Å². The van der Waals surface area contributed by atoms with Crippen LogP contribution in [0.25, 0.3) is 17.3 Å². The third-order valence-corrected chi connectivity index (χ3v) is 4.71. The number of hydrogen-bond acceptors (Lipinski definition) is 3. The van der Waals surface area contributed by atoms with E-state index in [9.17, 15) is 28.5 Å². The summed E-state index contributed by atoms with van der Waals surface area (Å²) in [7, 11) is 0. The van der Waals surface area contributed by atoms with Crippen molar-refractivity contribution in [1.29, 1.82) is 5.26 Å². The fourth-order valence-corrected chi connectivity index (χ4v) is 3.25. The molecule has 0 saturated carbocycles. The maximum atomic E-state index is 12.8. The Balaban J connectivity index is 2.03. The van der Waals surface area contributed by atoms with Crippen molar-refractivity contribution >= 4 is 17.3 Å². The van der Waals surface area contributed by atoms with Crippen LogP contribution in [0.2, 0.25) is 0 Å². The van der Waals surface area contributed by atoms with E-state index in [0.29, 0.717) is 16.8 Å². The number of nitrogens with zero attached hydrogens (tertiary/aromatic N) is 3. The highest BCUT2D eigenvalue weighted by atomic mass is 19.4. The first kappa shape index (κ1) is 20.9. The predicted octanol–water partition coefficient (Wildman–Crippen LogP) is 6.09. The van der Waals surface area contributed by atoms with Gasteiger partial charge in [-0.2, -0.15) is 18.4 Å². The van der Waals surface area contributed by atoms with Gasteiger partial charge in [0.1, 0.15) is 0 Å². The van der Waals surface area contributed by atoms with E-state index in [1.54, 1.807) is 25.1 Å². The molecule has 0 bridgehead atoms. The molecular weight excluding hydrogens is 395 g/mol. The first-order valence-corrected chi connectivity index (χ1v) is 8.85. The number of nitriles is 1. The van der Waals surface area contributed by atoms with Crippen molar-refractivity contribution in [2.45, 2.75) is 20.0 Å². The molecule has 3 aromatic rings. The normalized spacial score (nSPS) is 11.9. The van der Waals surface area contributed by atoms with Gasteiger partial charge in [0, 0.05) is 23.5 Å². The van der Waals surface area contributed by atoms with E-state index in [1.807, 2.05) is 23.6 Å². The highest BCUT2D eigenvalue weighted by molar-refractivity contribution is 5.90. The summed E-state index contributed by atoms with van der Waals surface area (Å²) in [6, 6.07) is 14.4. The Labute approximate surface area is 170 Å². The van der Waals surface area contributed by atoms with E-state index in [-0.39, 0.29) is 11.3 Å². The predicted molar refractivity (Wildman–Crippen MR) is 107 cm³/mol.